The summed E-state index contributed by atoms with van der Waals surface area (Å²) in [7, 11) is 0. The fraction of sp³-hybridized carbons (Fsp3) is 0.800. The molecule has 1 atom stereocenters. The van der Waals surface area contributed by atoms with Crippen LogP contribution in [-0.2, 0) is 9.59 Å². The van der Waals surface area contributed by atoms with Crippen LogP contribution in [0.25, 0.3) is 0 Å². The van der Waals surface area contributed by atoms with Crippen LogP contribution in [0.2, 0.25) is 0 Å². The molecule has 0 heterocycles. The second-order valence-electron chi connectivity index (χ2n) is 4.35. The van der Waals surface area contributed by atoms with Gasteiger partial charge in [-0.2, -0.15) is 0 Å². The molecule has 0 bridgehead atoms. The monoisotopic (exact) mass is 202 g/mol. The Morgan fingerprint density at radius 2 is 1.79 bits per heavy atom. The summed E-state index contributed by atoms with van der Waals surface area (Å²) in [4.78, 5) is 21.2. The van der Waals surface area contributed by atoms with Gasteiger partial charge in [-0.15, -0.1) is 0 Å². The van der Waals surface area contributed by atoms with Crippen molar-refractivity contribution < 1.29 is 19.8 Å². The highest BCUT2D eigenvalue weighted by molar-refractivity contribution is 5.77. The van der Waals surface area contributed by atoms with Crippen molar-refractivity contribution in [1.82, 2.24) is 0 Å². The van der Waals surface area contributed by atoms with Gasteiger partial charge in [-0.05, 0) is 11.8 Å². The van der Waals surface area contributed by atoms with Gasteiger partial charge in [-0.1, -0.05) is 27.2 Å². The lowest BCUT2D eigenvalue weighted by Crippen LogP contribution is -2.24. The number of hydrogen-bond acceptors (Lipinski definition) is 2. The Morgan fingerprint density at radius 1 is 1.29 bits per heavy atom. The zero-order chi connectivity index (χ0) is 11.4. The van der Waals surface area contributed by atoms with E-state index in [-0.39, 0.29) is 11.8 Å². The summed E-state index contributed by atoms with van der Waals surface area (Å²) in [5, 5.41) is 17.4. The Labute approximate surface area is 83.9 Å². The summed E-state index contributed by atoms with van der Waals surface area (Å²) in [5.74, 6) is -2.85. The van der Waals surface area contributed by atoms with Crippen LogP contribution >= 0.6 is 0 Å². The molecule has 0 aliphatic heterocycles. The van der Waals surface area contributed by atoms with Gasteiger partial charge >= 0.3 is 11.9 Å². The van der Waals surface area contributed by atoms with Crippen LogP contribution in [0.4, 0.5) is 0 Å². The molecule has 4 nitrogen and oxygen atoms in total. The predicted molar refractivity (Wildman–Crippen MR) is 52.1 cm³/mol. The highest BCUT2D eigenvalue weighted by Gasteiger charge is 2.28. The molecule has 82 valence electrons. The maximum absolute atomic E-state index is 10.8. The molecule has 0 aliphatic carbocycles. The molecule has 0 aromatic rings. The Kier molecular flexibility index (Phi) is 4.60. The lowest BCUT2D eigenvalue weighted by atomic mass is 9.79. The van der Waals surface area contributed by atoms with E-state index in [1.807, 2.05) is 20.8 Å². The topological polar surface area (TPSA) is 74.6 Å². The second-order valence-corrected chi connectivity index (χ2v) is 4.35. The summed E-state index contributed by atoms with van der Waals surface area (Å²) in [6.07, 6.45) is 0.959. The number of carbonyl (C=O) groups is 2. The van der Waals surface area contributed by atoms with Crippen molar-refractivity contribution in [2.24, 2.45) is 11.3 Å². The third-order valence-electron chi connectivity index (χ3n) is 2.53. The van der Waals surface area contributed by atoms with Crippen molar-refractivity contribution in [3.8, 4) is 0 Å². The number of rotatable bonds is 6. The zero-order valence-corrected chi connectivity index (χ0v) is 8.91. The lowest BCUT2D eigenvalue weighted by molar-refractivity contribution is -0.149. The summed E-state index contributed by atoms with van der Waals surface area (Å²) in [6.45, 7) is 5.87. The molecule has 0 fully saturated rings. The van der Waals surface area contributed by atoms with E-state index in [2.05, 4.69) is 0 Å². The Hall–Kier alpha value is -1.06. The van der Waals surface area contributed by atoms with Gasteiger partial charge in [-0.25, -0.2) is 0 Å². The van der Waals surface area contributed by atoms with E-state index >= 15 is 0 Å². The minimum Gasteiger partial charge on any atom is -0.481 e. The molecule has 0 spiro atoms. The molecule has 14 heavy (non-hydrogen) atoms. The van der Waals surface area contributed by atoms with E-state index in [4.69, 9.17) is 10.2 Å². The van der Waals surface area contributed by atoms with Gasteiger partial charge in [0.1, 0.15) is 0 Å². The van der Waals surface area contributed by atoms with Gasteiger partial charge in [0.15, 0.2) is 0 Å². The molecule has 2 N–H and O–H groups in total. The van der Waals surface area contributed by atoms with Crippen LogP contribution in [0.3, 0.4) is 0 Å². The Balaban J connectivity index is 4.38. The number of carboxylic acid groups (broad SMARTS) is 2. The molecule has 0 aromatic heterocycles. The SMILES string of the molecule is CCC(C)(C)CC(CC(=O)O)C(=O)O. The van der Waals surface area contributed by atoms with Crippen molar-refractivity contribution >= 4 is 11.9 Å². The summed E-state index contributed by atoms with van der Waals surface area (Å²) in [6, 6.07) is 0. The standard InChI is InChI=1S/C10H18O4/c1-4-10(2,3)6-7(9(13)14)5-8(11)12/h7H,4-6H2,1-3H3,(H,11,12)(H,13,14). The van der Waals surface area contributed by atoms with Crippen molar-refractivity contribution in [2.75, 3.05) is 0 Å². The van der Waals surface area contributed by atoms with Crippen LogP contribution in [0.5, 0.6) is 0 Å². The Morgan fingerprint density at radius 3 is 2.07 bits per heavy atom. The second kappa shape index (κ2) is 4.98. The minimum absolute atomic E-state index is 0.113. The van der Waals surface area contributed by atoms with E-state index in [0.717, 1.165) is 6.42 Å². The largest absolute Gasteiger partial charge is 0.481 e. The molecule has 1 unspecified atom stereocenters. The van der Waals surface area contributed by atoms with Crippen LogP contribution in [0.1, 0.15) is 40.0 Å². The molecule has 0 saturated carbocycles. The first kappa shape index (κ1) is 12.9. The van der Waals surface area contributed by atoms with Gasteiger partial charge in [-0.3, -0.25) is 9.59 Å². The maximum atomic E-state index is 10.8. The first-order valence-electron chi connectivity index (χ1n) is 4.73. The smallest absolute Gasteiger partial charge is 0.307 e. The van der Waals surface area contributed by atoms with E-state index in [1.165, 1.54) is 0 Å². The van der Waals surface area contributed by atoms with Gasteiger partial charge in [0.2, 0.25) is 0 Å². The molecule has 0 aliphatic rings. The van der Waals surface area contributed by atoms with Crippen molar-refractivity contribution in [1.29, 1.82) is 0 Å². The van der Waals surface area contributed by atoms with Gasteiger partial charge in [0.25, 0.3) is 0 Å². The molecule has 0 radical (unpaired) electrons. The van der Waals surface area contributed by atoms with Gasteiger partial charge in [0, 0.05) is 0 Å². The van der Waals surface area contributed by atoms with Crippen molar-refractivity contribution in [3.05, 3.63) is 0 Å². The first-order chi connectivity index (χ1) is 6.28. The zero-order valence-electron chi connectivity index (χ0n) is 8.91. The number of aliphatic carboxylic acids is 2. The predicted octanol–water partition coefficient (Wildman–Crippen LogP) is 1.99. The molecule has 0 rings (SSSR count). The van der Waals surface area contributed by atoms with Gasteiger partial charge < -0.3 is 10.2 Å². The average molecular weight is 202 g/mol. The molecule has 0 amide bonds. The summed E-state index contributed by atoms with van der Waals surface area (Å²) >= 11 is 0. The fourth-order valence-electron chi connectivity index (χ4n) is 1.27. The molecule has 4 heteroatoms. The third-order valence-corrected chi connectivity index (χ3v) is 2.53. The first-order valence-corrected chi connectivity index (χ1v) is 4.73. The van der Waals surface area contributed by atoms with E-state index < -0.39 is 17.9 Å². The molecular weight excluding hydrogens is 184 g/mol. The summed E-state index contributed by atoms with van der Waals surface area (Å²) < 4.78 is 0. The summed E-state index contributed by atoms with van der Waals surface area (Å²) in [5.41, 5.74) is -0.113. The van der Waals surface area contributed by atoms with E-state index in [1.54, 1.807) is 0 Å². The van der Waals surface area contributed by atoms with Crippen molar-refractivity contribution in [3.63, 3.8) is 0 Å². The Bertz CT molecular complexity index is 220. The highest BCUT2D eigenvalue weighted by atomic mass is 16.4. The minimum atomic E-state index is -1.05. The number of carboxylic acids is 2. The van der Waals surface area contributed by atoms with Crippen LogP contribution in [0, 0.1) is 11.3 Å². The van der Waals surface area contributed by atoms with Crippen molar-refractivity contribution in [2.45, 2.75) is 40.0 Å². The van der Waals surface area contributed by atoms with Crippen LogP contribution in [0.15, 0.2) is 0 Å². The third kappa shape index (κ3) is 4.84. The highest BCUT2D eigenvalue weighted by Crippen LogP contribution is 2.30. The average Bonchev–Trinajstić information content (AvgIpc) is 2.02. The molecule has 0 aromatic carbocycles. The maximum Gasteiger partial charge on any atom is 0.307 e. The van der Waals surface area contributed by atoms with Gasteiger partial charge in [0.05, 0.1) is 12.3 Å². The van der Waals surface area contributed by atoms with Crippen LogP contribution < -0.4 is 0 Å². The molecule has 0 saturated heterocycles. The normalized spacial score (nSPS) is 13.6. The van der Waals surface area contributed by atoms with E-state index in [9.17, 15) is 9.59 Å². The van der Waals surface area contributed by atoms with Crippen LogP contribution in [-0.4, -0.2) is 22.2 Å². The quantitative estimate of drug-likeness (QED) is 0.690. The molecular formula is C10H18O4. The fourth-order valence-corrected chi connectivity index (χ4v) is 1.27. The number of hydrogen-bond donors (Lipinski definition) is 2. The lowest BCUT2D eigenvalue weighted by Gasteiger charge is -2.25. The van der Waals surface area contributed by atoms with E-state index in [0.29, 0.717) is 6.42 Å².